The molecule has 3 heteroatoms. The molecule has 3 nitrogen and oxygen atoms in total. The maximum Gasteiger partial charge on any atom is 0.132 e. The summed E-state index contributed by atoms with van der Waals surface area (Å²) >= 11 is 0. The molecular formula is C23H38N2O. The standard InChI is InChI=1S/C23H38N2O/c1-2-3-4-5-6-7-8-9-10-11-12-15-20-26-22-17-14-13-16-21(22)23-24-18-19-25-23/h13-14,16-17H,2-12,15,18-20H2,1H3,(H,24,25). The van der Waals surface area contributed by atoms with E-state index in [9.17, 15) is 0 Å². The van der Waals surface area contributed by atoms with Crippen LogP contribution in [0.2, 0.25) is 0 Å². The fourth-order valence-corrected chi connectivity index (χ4v) is 3.49. The van der Waals surface area contributed by atoms with Crippen LogP contribution in [0.3, 0.4) is 0 Å². The second-order valence-electron chi connectivity index (χ2n) is 7.39. The van der Waals surface area contributed by atoms with E-state index in [0.717, 1.165) is 43.3 Å². The fraction of sp³-hybridized carbons (Fsp3) is 0.696. The van der Waals surface area contributed by atoms with Crippen LogP contribution >= 0.6 is 0 Å². The van der Waals surface area contributed by atoms with Crippen LogP contribution in [0.1, 0.15) is 89.5 Å². The van der Waals surface area contributed by atoms with Crippen LogP contribution in [0.25, 0.3) is 0 Å². The molecule has 0 spiro atoms. The molecule has 146 valence electrons. The SMILES string of the molecule is CCCCCCCCCCCCCCOc1ccccc1C1=NCCN1. The molecule has 1 aromatic carbocycles. The fourth-order valence-electron chi connectivity index (χ4n) is 3.49. The van der Waals surface area contributed by atoms with Crippen molar-refractivity contribution >= 4 is 5.84 Å². The minimum atomic E-state index is 0.807. The molecule has 1 N–H and O–H groups in total. The maximum absolute atomic E-state index is 6.02. The van der Waals surface area contributed by atoms with Gasteiger partial charge in [-0.3, -0.25) is 4.99 Å². The predicted octanol–water partition coefficient (Wildman–Crippen LogP) is 6.12. The Morgan fingerprint density at radius 3 is 2.08 bits per heavy atom. The van der Waals surface area contributed by atoms with Gasteiger partial charge in [0.05, 0.1) is 18.7 Å². The first kappa shape index (κ1) is 20.8. The third-order valence-electron chi connectivity index (χ3n) is 5.07. The zero-order valence-corrected chi connectivity index (χ0v) is 16.8. The van der Waals surface area contributed by atoms with Crippen LogP contribution in [0.4, 0.5) is 0 Å². The largest absolute Gasteiger partial charge is 0.493 e. The minimum absolute atomic E-state index is 0.807. The van der Waals surface area contributed by atoms with Crippen molar-refractivity contribution < 1.29 is 4.74 Å². The molecule has 1 aliphatic rings. The van der Waals surface area contributed by atoms with Gasteiger partial charge in [-0.05, 0) is 18.6 Å². The highest BCUT2D eigenvalue weighted by Gasteiger charge is 2.12. The summed E-state index contributed by atoms with van der Waals surface area (Å²) in [6.07, 6.45) is 16.5. The summed E-state index contributed by atoms with van der Waals surface area (Å²) in [4.78, 5) is 4.51. The lowest BCUT2D eigenvalue weighted by Crippen LogP contribution is -2.20. The van der Waals surface area contributed by atoms with Crippen LogP contribution in [-0.2, 0) is 0 Å². The molecule has 0 bridgehead atoms. The number of hydrogen-bond acceptors (Lipinski definition) is 3. The van der Waals surface area contributed by atoms with Gasteiger partial charge in [0.2, 0.25) is 0 Å². The Hall–Kier alpha value is -1.51. The van der Waals surface area contributed by atoms with Gasteiger partial charge < -0.3 is 10.1 Å². The van der Waals surface area contributed by atoms with Gasteiger partial charge in [0.25, 0.3) is 0 Å². The van der Waals surface area contributed by atoms with E-state index in [0.29, 0.717) is 0 Å². The molecule has 0 unspecified atom stereocenters. The van der Waals surface area contributed by atoms with E-state index in [2.05, 4.69) is 35.4 Å². The van der Waals surface area contributed by atoms with Gasteiger partial charge in [-0.15, -0.1) is 0 Å². The topological polar surface area (TPSA) is 33.6 Å². The Balaban J connectivity index is 1.46. The molecule has 0 atom stereocenters. The summed E-state index contributed by atoms with van der Waals surface area (Å²) in [5.74, 6) is 1.94. The highest BCUT2D eigenvalue weighted by molar-refractivity contribution is 6.02. The lowest BCUT2D eigenvalue weighted by Gasteiger charge is -2.11. The quantitative estimate of drug-likeness (QED) is 0.383. The number of ether oxygens (including phenoxy) is 1. The number of aliphatic imine (C=N–C) groups is 1. The van der Waals surface area contributed by atoms with Gasteiger partial charge in [-0.25, -0.2) is 0 Å². The Morgan fingerprint density at radius 2 is 1.46 bits per heavy atom. The number of nitrogens with one attached hydrogen (secondary N) is 1. The van der Waals surface area contributed by atoms with Gasteiger partial charge in [0.1, 0.15) is 11.6 Å². The molecule has 0 saturated carbocycles. The molecule has 0 aliphatic carbocycles. The smallest absolute Gasteiger partial charge is 0.132 e. The van der Waals surface area contributed by atoms with E-state index < -0.39 is 0 Å². The monoisotopic (exact) mass is 358 g/mol. The summed E-state index contributed by atoms with van der Waals surface area (Å²) in [6, 6.07) is 8.23. The average molecular weight is 359 g/mol. The first-order chi connectivity index (χ1) is 12.9. The predicted molar refractivity (Wildman–Crippen MR) is 112 cm³/mol. The molecule has 0 aromatic heterocycles. The van der Waals surface area contributed by atoms with E-state index in [1.54, 1.807) is 0 Å². The minimum Gasteiger partial charge on any atom is -0.493 e. The van der Waals surface area contributed by atoms with Crippen molar-refractivity contribution in [1.29, 1.82) is 0 Å². The molecule has 1 aromatic rings. The van der Waals surface area contributed by atoms with Gasteiger partial charge in [-0.1, -0.05) is 89.7 Å². The molecule has 0 saturated heterocycles. The van der Waals surface area contributed by atoms with E-state index in [1.807, 2.05) is 6.07 Å². The third-order valence-corrected chi connectivity index (χ3v) is 5.07. The number of unbranched alkanes of at least 4 members (excludes halogenated alkanes) is 11. The second-order valence-corrected chi connectivity index (χ2v) is 7.39. The first-order valence-electron chi connectivity index (χ1n) is 10.9. The number of benzene rings is 1. The molecule has 1 heterocycles. The number of hydrogen-bond donors (Lipinski definition) is 1. The van der Waals surface area contributed by atoms with E-state index in [4.69, 9.17) is 4.74 Å². The average Bonchev–Trinajstić information content (AvgIpc) is 3.20. The van der Waals surface area contributed by atoms with Crippen molar-refractivity contribution in [2.75, 3.05) is 19.7 Å². The lowest BCUT2D eigenvalue weighted by molar-refractivity contribution is 0.303. The zero-order valence-electron chi connectivity index (χ0n) is 16.8. The summed E-state index contributed by atoms with van der Waals surface area (Å²) in [5, 5.41) is 3.33. The third kappa shape index (κ3) is 8.25. The molecule has 2 rings (SSSR count). The van der Waals surface area contributed by atoms with Crippen LogP contribution in [-0.4, -0.2) is 25.5 Å². The van der Waals surface area contributed by atoms with Crippen molar-refractivity contribution in [2.45, 2.75) is 84.0 Å². The zero-order chi connectivity index (χ0) is 18.3. The van der Waals surface area contributed by atoms with Crippen molar-refractivity contribution in [2.24, 2.45) is 4.99 Å². The second kappa shape index (κ2) is 13.7. The van der Waals surface area contributed by atoms with Gasteiger partial charge in [-0.2, -0.15) is 0 Å². The Labute approximate surface area is 160 Å². The molecule has 0 radical (unpaired) electrons. The van der Waals surface area contributed by atoms with Crippen LogP contribution in [0.5, 0.6) is 5.75 Å². The van der Waals surface area contributed by atoms with Gasteiger partial charge in [0, 0.05) is 6.54 Å². The first-order valence-corrected chi connectivity index (χ1v) is 10.9. The van der Waals surface area contributed by atoms with E-state index in [-0.39, 0.29) is 0 Å². The Morgan fingerprint density at radius 1 is 0.846 bits per heavy atom. The number of para-hydroxylation sites is 1. The number of nitrogens with zero attached hydrogens (tertiary/aromatic N) is 1. The van der Waals surface area contributed by atoms with Crippen molar-refractivity contribution in [3.8, 4) is 5.75 Å². The Kier molecular flexibility index (Phi) is 10.9. The molecular weight excluding hydrogens is 320 g/mol. The van der Waals surface area contributed by atoms with Gasteiger partial charge >= 0.3 is 0 Å². The summed E-state index contributed by atoms with van der Waals surface area (Å²) in [7, 11) is 0. The normalized spacial score (nSPS) is 13.5. The van der Waals surface area contributed by atoms with Crippen LogP contribution < -0.4 is 10.1 Å². The molecule has 0 amide bonds. The summed E-state index contributed by atoms with van der Waals surface area (Å²) in [5.41, 5.74) is 1.10. The summed E-state index contributed by atoms with van der Waals surface area (Å²) in [6.45, 7) is 4.89. The van der Waals surface area contributed by atoms with Crippen molar-refractivity contribution in [3.05, 3.63) is 29.8 Å². The Bertz CT molecular complexity index is 513. The number of amidine groups is 1. The van der Waals surface area contributed by atoms with Gasteiger partial charge in [0.15, 0.2) is 0 Å². The van der Waals surface area contributed by atoms with E-state index in [1.165, 1.54) is 70.6 Å². The number of rotatable bonds is 15. The highest BCUT2D eigenvalue weighted by Crippen LogP contribution is 2.20. The molecule has 1 aliphatic heterocycles. The lowest BCUT2D eigenvalue weighted by atomic mass is 10.1. The van der Waals surface area contributed by atoms with Crippen LogP contribution in [0, 0.1) is 0 Å². The van der Waals surface area contributed by atoms with Crippen LogP contribution in [0.15, 0.2) is 29.3 Å². The molecule has 0 fully saturated rings. The van der Waals surface area contributed by atoms with Crippen molar-refractivity contribution in [3.63, 3.8) is 0 Å². The molecule has 26 heavy (non-hydrogen) atoms. The van der Waals surface area contributed by atoms with Crippen molar-refractivity contribution in [1.82, 2.24) is 5.32 Å². The highest BCUT2D eigenvalue weighted by atomic mass is 16.5. The van der Waals surface area contributed by atoms with E-state index >= 15 is 0 Å². The summed E-state index contributed by atoms with van der Waals surface area (Å²) < 4.78 is 6.02. The maximum atomic E-state index is 6.02.